The lowest BCUT2D eigenvalue weighted by Gasteiger charge is -2.27. The predicted octanol–water partition coefficient (Wildman–Crippen LogP) is 0.123. The van der Waals surface area contributed by atoms with Crippen LogP contribution in [0.4, 0.5) is 0 Å². The molecule has 1 amide bonds. The van der Waals surface area contributed by atoms with E-state index >= 15 is 0 Å². The lowest BCUT2D eigenvalue weighted by Crippen LogP contribution is -2.44. The largest absolute Gasteiger partial charge is 0.479 e. The molecule has 0 spiro atoms. The van der Waals surface area contributed by atoms with Crippen molar-refractivity contribution >= 4 is 11.9 Å². The van der Waals surface area contributed by atoms with Crippen LogP contribution in [-0.2, 0) is 14.3 Å². The van der Waals surface area contributed by atoms with Crippen molar-refractivity contribution in [3.8, 4) is 0 Å². The van der Waals surface area contributed by atoms with Crippen LogP contribution in [0.15, 0.2) is 0 Å². The lowest BCUT2D eigenvalue weighted by molar-refractivity contribution is -0.149. The van der Waals surface area contributed by atoms with E-state index < -0.39 is 12.1 Å². The van der Waals surface area contributed by atoms with Gasteiger partial charge in [0.1, 0.15) is 0 Å². The van der Waals surface area contributed by atoms with Crippen molar-refractivity contribution in [2.24, 2.45) is 5.92 Å². The summed E-state index contributed by atoms with van der Waals surface area (Å²) in [6.45, 7) is 3.37. The number of carbonyl (C=O) groups excluding carboxylic acids is 1. The van der Waals surface area contributed by atoms with E-state index in [0.29, 0.717) is 25.4 Å². The molecule has 6 heteroatoms. The van der Waals surface area contributed by atoms with E-state index in [4.69, 9.17) is 9.84 Å². The van der Waals surface area contributed by atoms with Gasteiger partial charge in [0, 0.05) is 18.5 Å². The molecule has 2 rings (SSSR count). The Hall–Kier alpha value is -1.14. The molecule has 19 heavy (non-hydrogen) atoms. The molecule has 6 nitrogen and oxygen atoms in total. The van der Waals surface area contributed by atoms with E-state index in [1.54, 1.807) is 0 Å². The van der Waals surface area contributed by atoms with E-state index in [0.717, 1.165) is 19.4 Å². The van der Waals surface area contributed by atoms with Gasteiger partial charge < -0.3 is 20.5 Å². The number of carbonyl (C=O) groups is 2. The van der Waals surface area contributed by atoms with Gasteiger partial charge in [0.05, 0.1) is 6.10 Å². The topological polar surface area (TPSA) is 87.7 Å². The first-order valence-corrected chi connectivity index (χ1v) is 6.95. The molecule has 0 radical (unpaired) electrons. The van der Waals surface area contributed by atoms with Crippen molar-refractivity contribution in [1.29, 1.82) is 0 Å². The van der Waals surface area contributed by atoms with Crippen molar-refractivity contribution in [3.05, 3.63) is 0 Å². The highest BCUT2D eigenvalue weighted by atomic mass is 16.5. The molecule has 0 aliphatic carbocycles. The fourth-order valence-electron chi connectivity index (χ4n) is 2.77. The fourth-order valence-corrected chi connectivity index (χ4v) is 2.77. The monoisotopic (exact) mass is 270 g/mol. The number of hydrogen-bond acceptors (Lipinski definition) is 4. The van der Waals surface area contributed by atoms with Gasteiger partial charge in [-0.25, -0.2) is 4.79 Å². The third kappa shape index (κ3) is 3.91. The fraction of sp³-hybridized carbons (Fsp3) is 0.846. The Labute approximate surface area is 112 Å². The zero-order chi connectivity index (χ0) is 13.8. The van der Waals surface area contributed by atoms with Crippen molar-refractivity contribution in [2.45, 2.75) is 50.9 Å². The molecule has 2 aliphatic heterocycles. The van der Waals surface area contributed by atoms with Gasteiger partial charge in [-0.3, -0.25) is 4.79 Å². The van der Waals surface area contributed by atoms with E-state index in [1.165, 1.54) is 0 Å². The van der Waals surface area contributed by atoms with Gasteiger partial charge in [0.25, 0.3) is 0 Å². The number of amides is 1. The average molecular weight is 270 g/mol. The molecule has 4 unspecified atom stereocenters. The van der Waals surface area contributed by atoms with Gasteiger partial charge >= 0.3 is 5.97 Å². The van der Waals surface area contributed by atoms with Crippen LogP contribution in [0.3, 0.4) is 0 Å². The highest BCUT2D eigenvalue weighted by Gasteiger charge is 2.31. The molecule has 4 atom stereocenters. The summed E-state index contributed by atoms with van der Waals surface area (Å²) in [4.78, 5) is 22.8. The van der Waals surface area contributed by atoms with Gasteiger partial charge in [-0.1, -0.05) is 0 Å². The maximum atomic E-state index is 12.0. The first-order valence-electron chi connectivity index (χ1n) is 6.95. The van der Waals surface area contributed by atoms with E-state index in [-0.39, 0.29) is 17.9 Å². The molecule has 0 bridgehead atoms. The molecule has 0 aromatic heterocycles. The summed E-state index contributed by atoms with van der Waals surface area (Å²) < 4.78 is 5.36. The molecule has 0 aromatic carbocycles. The number of rotatable bonds is 4. The standard InChI is InChI=1S/C13H22N2O4/c1-8-6-9(4-5-14-8)12(16)15-7-10-2-3-11(19-10)13(17)18/h8-11,14H,2-7H2,1H3,(H,15,16)(H,17,18). The van der Waals surface area contributed by atoms with Gasteiger partial charge in [-0.2, -0.15) is 0 Å². The number of ether oxygens (including phenoxy) is 1. The highest BCUT2D eigenvalue weighted by molar-refractivity contribution is 5.78. The molecule has 3 N–H and O–H groups in total. The van der Waals surface area contributed by atoms with Crippen LogP contribution in [0.25, 0.3) is 0 Å². The van der Waals surface area contributed by atoms with Crippen LogP contribution in [0.5, 0.6) is 0 Å². The molecular weight excluding hydrogens is 248 g/mol. The third-order valence-electron chi connectivity index (χ3n) is 3.88. The minimum absolute atomic E-state index is 0.0629. The van der Waals surface area contributed by atoms with Gasteiger partial charge in [0.15, 0.2) is 6.10 Å². The Kier molecular flexibility index (Phi) is 4.76. The Morgan fingerprint density at radius 3 is 2.79 bits per heavy atom. The zero-order valence-electron chi connectivity index (χ0n) is 11.2. The molecular formula is C13H22N2O4. The normalized spacial score (nSPS) is 35.0. The quantitative estimate of drug-likeness (QED) is 0.675. The highest BCUT2D eigenvalue weighted by Crippen LogP contribution is 2.20. The van der Waals surface area contributed by atoms with Crippen LogP contribution in [0.2, 0.25) is 0 Å². The summed E-state index contributed by atoms with van der Waals surface area (Å²) in [5.41, 5.74) is 0. The first-order chi connectivity index (χ1) is 9.06. The Morgan fingerprint density at radius 1 is 1.37 bits per heavy atom. The van der Waals surface area contributed by atoms with Crippen molar-refractivity contribution in [3.63, 3.8) is 0 Å². The van der Waals surface area contributed by atoms with Crippen LogP contribution in [0, 0.1) is 5.92 Å². The minimum Gasteiger partial charge on any atom is -0.479 e. The maximum absolute atomic E-state index is 12.0. The molecule has 2 aliphatic rings. The van der Waals surface area contributed by atoms with E-state index in [9.17, 15) is 9.59 Å². The second-order valence-corrected chi connectivity index (χ2v) is 5.48. The number of piperidine rings is 1. The molecule has 2 heterocycles. The Morgan fingerprint density at radius 2 is 2.16 bits per heavy atom. The second kappa shape index (κ2) is 6.34. The summed E-state index contributed by atoms with van der Waals surface area (Å²) in [6, 6.07) is 0.378. The summed E-state index contributed by atoms with van der Waals surface area (Å²) in [6.07, 6.45) is 2.07. The first kappa shape index (κ1) is 14.3. The lowest BCUT2D eigenvalue weighted by atomic mass is 9.92. The number of nitrogens with one attached hydrogen (secondary N) is 2. The number of carboxylic acids is 1. The number of carboxylic acid groups (broad SMARTS) is 1. The molecule has 0 aromatic rings. The van der Waals surface area contributed by atoms with E-state index in [2.05, 4.69) is 17.6 Å². The summed E-state index contributed by atoms with van der Waals surface area (Å²) >= 11 is 0. The molecule has 0 saturated carbocycles. The number of aliphatic carboxylic acids is 1. The average Bonchev–Trinajstić information content (AvgIpc) is 2.85. The predicted molar refractivity (Wildman–Crippen MR) is 68.7 cm³/mol. The zero-order valence-corrected chi connectivity index (χ0v) is 11.2. The van der Waals surface area contributed by atoms with E-state index in [1.807, 2.05) is 0 Å². The van der Waals surface area contributed by atoms with Crippen LogP contribution < -0.4 is 10.6 Å². The van der Waals surface area contributed by atoms with Crippen molar-refractivity contribution in [1.82, 2.24) is 10.6 Å². The maximum Gasteiger partial charge on any atom is 0.332 e. The molecule has 2 fully saturated rings. The molecule has 2 saturated heterocycles. The van der Waals surface area contributed by atoms with Crippen LogP contribution in [-0.4, -0.2) is 48.3 Å². The third-order valence-corrected chi connectivity index (χ3v) is 3.88. The van der Waals surface area contributed by atoms with Crippen molar-refractivity contribution < 1.29 is 19.4 Å². The van der Waals surface area contributed by atoms with Crippen LogP contribution in [0.1, 0.15) is 32.6 Å². The van der Waals surface area contributed by atoms with Gasteiger partial charge in [-0.15, -0.1) is 0 Å². The summed E-state index contributed by atoms with van der Waals surface area (Å²) in [7, 11) is 0. The Balaban J connectivity index is 1.70. The van der Waals surface area contributed by atoms with Gasteiger partial charge in [0.2, 0.25) is 5.91 Å². The second-order valence-electron chi connectivity index (χ2n) is 5.48. The summed E-state index contributed by atoms with van der Waals surface area (Å²) in [5, 5.41) is 15.0. The number of hydrogen-bond donors (Lipinski definition) is 3. The van der Waals surface area contributed by atoms with Crippen LogP contribution >= 0.6 is 0 Å². The summed E-state index contributed by atoms with van der Waals surface area (Å²) in [5.74, 6) is -0.787. The smallest absolute Gasteiger partial charge is 0.332 e. The molecule has 108 valence electrons. The van der Waals surface area contributed by atoms with Crippen molar-refractivity contribution in [2.75, 3.05) is 13.1 Å². The van der Waals surface area contributed by atoms with Gasteiger partial charge in [-0.05, 0) is 39.2 Å². The minimum atomic E-state index is -0.916. The SMILES string of the molecule is CC1CC(C(=O)NCC2CCC(C(=O)O)O2)CCN1. The Bertz CT molecular complexity index is 348.